The Bertz CT molecular complexity index is 900. The number of nitrogens with one attached hydrogen (secondary N) is 2. The molecule has 1 atom stereocenters. The molecule has 1 unspecified atom stereocenters. The van der Waals surface area contributed by atoms with Crippen molar-refractivity contribution in [2.24, 2.45) is 21.2 Å². The van der Waals surface area contributed by atoms with Crippen LogP contribution in [0.3, 0.4) is 0 Å². The monoisotopic (exact) mass is 423 g/mol. The molecule has 8 heteroatoms. The second-order valence-corrected chi connectivity index (χ2v) is 12.3. The third-order valence-corrected chi connectivity index (χ3v) is 7.79. The van der Waals surface area contributed by atoms with Crippen LogP contribution in [0.5, 0.6) is 0 Å². The second kappa shape index (κ2) is 7.06. The van der Waals surface area contributed by atoms with E-state index in [1.165, 1.54) is 23.9 Å². The number of anilines is 1. The van der Waals surface area contributed by atoms with Crippen molar-refractivity contribution in [3.05, 3.63) is 24.3 Å². The van der Waals surface area contributed by atoms with Gasteiger partial charge in [-0.3, -0.25) is 14.5 Å². The average molecular weight is 424 g/mol. The number of amides is 1. The number of aliphatic imine (C=N–C) groups is 1. The van der Waals surface area contributed by atoms with Gasteiger partial charge in [-0.2, -0.15) is 0 Å². The van der Waals surface area contributed by atoms with E-state index in [4.69, 9.17) is 0 Å². The lowest BCUT2D eigenvalue weighted by Crippen LogP contribution is -2.32. The lowest BCUT2D eigenvalue weighted by Gasteiger charge is -2.28. The van der Waals surface area contributed by atoms with Gasteiger partial charge < -0.3 is 5.32 Å². The highest BCUT2D eigenvalue weighted by atomic mass is 32.2. The molecule has 1 heterocycles. The summed E-state index contributed by atoms with van der Waals surface area (Å²) in [7, 11) is -3.66. The average Bonchev–Trinajstić information content (AvgIpc) is 2.91. The van der Waals surface area contributed by atoms with Crippen LogP contribution in [0.1, 0.15) is 47.5 Å². The summed E-state index contributed by atoms with van der Waals surface area (Å²) in [4.78, 5) is 17.3. The maximum atomic E-state index is 13.0. The molecule has 0 saturated heterocycles. The third kappa shape index (κ3) is 4.38. The molecule has 1 aliphatic carbocycles. The summed E-state index contributed by atoms with van der Waals surface area (Å²) in [5.41, 5.74) is 0.245. The summed E-state index contributed by atoms with van der Waals surface area (Å²) >= 11 is 1.39. The van der Waals surface area contributed by atoms with Crippen LogP contribution in [0, 0.1) is 16.2 Å². The fourth-order valence-electron chi connectivity index (χ4n) is 3.92. The van der Waals surface area contributed by atoms with Gasteiger partial charge in [0.1, 0.15) is 0 Å². The van der Waals surface area contributed by atoms with Crippen molar-refractivity contribution in [2.45, 2.75) is 52.4 Å². The zero-order chi connectivity index (χ0) is 20.8. The molecule has 0 radical (unpaired) electrons. The van der Waals surface area contributed by atoms with Crippen LogP contribution < -0.4 is 10.0 Å². The summed E-state index contributed by atoms with van der Waals surface area (Å²) in [6.07, 6.45) is 1.67. The Kier molecular flexibility index (Phi) is 5.34. The molecule has 6 nitrogen and oxygen atoms in total. The molecular formula is C20H29N3O3S2. The number of benzene rings is 1. The number of carbonyl (C=O) groups is 1. The first kappa shape index (κ1) is 21.2. The van der Waals surface area contributed by atoms with E-state index < -0.39 is 10.0 Å². The van der Waals surface area contributed by atoms with E-state index in [1.807, 2.05) is 0 Å². The van der Waals surface area contributed by atoms with Crippen molar-refractivity contribution in [1.29, 1.82) is 0 Å². The van der Waals surface area contributed by atoms with Crippen LogP contribution in [-0.2, 0) is 14.8 Å². The molecule has 0 spiro atoms. The molecule has 1 fully saturated rings. The lowest BCUT2D eigenvalue weighted by atomic mass is 9.78. The maximum absolute atomic E-state index is 13.0. The molecular weight excluding hydrogens is 394 g/mol. The number of nitrogens with zero attached hydrogens (tertiary/aromatic N) is 1. The first-order valence-electron chi connectivity index (χ1n) is 9.46. The van der Waals surface area contributed by atoms with Crippen molar-refractivity contribution in [1.82, 2.24) is 4.72 Å². The van der Waals surface area contributed by atoms with E-state index in [1.54, 1.807) is 12.1 Å². The van der Waals surface area contributed by atoms with Gasteiger partial charge in [-0.05, 0) is 47.9 Å². The van der Waals surface area contributed by atoms with Crippen LogP contribution >= 0.6 is 11.8 Å². The number of thioether (sulfide) groups is 1. The number of sulfonamides is 1. The summed E-state index contributed by atoms with van der Waals surface area (Å²) in [5, 5.41) is 3.42. The van der Waals surface area contributed by atoms with Crippen LogP contribution in [0.15, 0.2) is 34.2 Å². The Balaban J connectivity index is 1.71. The maximum Gasteiger partial charge on any atom is 0.263 e. The molecule has 1 aromatic carbocycles. The van der Waals surface area contributed by atoms with Crippen molar-refractivity contribution < 1.29 is 13.2 Å². The van der Waals surface area contributed by atoms with Crippen molar-refractivity contribution in [3.8, 4) is 0 Å². The lowest BCUT2D eigenvalue weighted by molar-refractivity contribution is -0.123. The van der Waals surface area contributed by atoms with Crippen LogP contribution in [0.2, 0.25) is 0 Å². The Morgan fingerprint density at radius 1 is 1.21 bits per heavy atom. The molecule has 0 aromatic heterocycles. The third-order valence-electron chi connectivity index (χ3n) is 5.41. The standard InChI is InChI=1S/C20H29N3O3S2/c1-18(2,3)12-20(13-19(20,4)5)16(24)22-14-6-8-15(9-7-14)28(25,26)23-17-21-10-11-27-17/h6-9H,10-13H2,1-5H3,(H,21,23)(H,22,24). The zero-order valence-corrected chi connectivity index (χ0v) is 18.8. The highest BCUT2D eigenvalue weighted by Crippen LogP contribution is 2.68. The number of hydrogen-bond donors (Lipinski definition) is 2. The summed E-state index contributed by atoms with van der Waals surface area (Å²) < 4.78 is 27.4. The molecule has 28 heavy (non-hydrogen) atoms. The van der Waals surface area contributed by atoms with Gasteiger partial charge in [-0.15, -0.1) is 0 Å². The quantitative estimate of drug-likeness (QED) is 0.753. The second-order valence-electron chi connectivity index (χ2n) is 9.50. The molecule has 3 rings (SSSR count). The largest absolute Gasteiger partial charge is 0.326 e. The van der Waals surface area contributed by atoms with E-state index in [2.05, 4.69) is 49.6 Å². The van der Waals surface area contributed by atoms with Crippen molar-refractivity contribution >= 4 is 38.5 Å². The van der Waals surface area contributed by atoms with Gasteiger partial charge in [0.05, 0.1) is 16.9 Å². The van der Waals surface area contributed by atoms with E-state index >= 15 is 0 Å². The van der Waals surface area contributed by atoms with Gasteiger partial charge in [0.15, 0.2) is 5.17 Å². The van der Waals surface area contributed by atoms with Crippen LogP contribution in [0.25, 0.3) is 0 Å². The Hall–Kier alpha value is -1.54. The molecule has 0 bridgehead atoms. The molecule has 1 amide bonds. The highest BCUT2D eigenvalue weighted by Gasteiger charge is 2.66. The van der Waals surface area contributed by atoms with Gasteiger partial charge in [-0.25, -0.2) is 8.42 Å². The normalized spacial score (nSPS) is 23.8. The SMILES string of the molecule is CC(C)(C)CC1(C(=O)Nc2ccc(S(=O)(=O)NC3=NCCS3)cc2)CC1(C)C. The molecule has 1 aliphatic heterocycles. The Morgan fingerprint density at radius 2 is 1.82 bits per heavy atom. The first-order valence-corrected chi connectivity index (χ1v) is 11.9. The van der Waals surface area contributed by atoms with E-state index in [0.717, 1.165) is 18.6 Å². The predicted octanol–water partition coefficient (Wildman–Crippen LogP) is 3.86. The van der Waals surface area contributed by atoms with Crippen molar-refractivity contribution in [3.63, 3.8) is 0 Å². The van der Waals surface area contributed by atoms with Gasteiger partial charge in [0, 0.05) is 11.4 Å². The van der Waals surface area contributed by atoms with E-state index in [-0.39, 0.29) is 27.0 Å². The fourth-order valence-corrected chi connectivity index (χ4v) is 5.95. The van der Waals surface area contributed by atoms with Gasteiger partial charge in [0.25, 0.3) is 10.0 Å². The number of carbonyl (C=O) groups excluding carboxylic acids is 1. The van der Waals surface area contributed by atoms with E-state index in [9.17, 15) is 13.2 Å². The Morgan fingerprint density at radius 3 is 2.29 bits per heavy atom. The minimum Gasteiger partial charge on any atom is -0.326 e. The minimum atomic E-state index is -3.66. The Labute approximate surface area is 172 Å². The zero-order valence-electron chi connectivity index (χ0n) is 17.1. The molecule has 2 aliphatic rings. The topological polar surface area (TPSA) is 87.6 Å². The molecule has 1 aromatic rings. The summed E-state index contributed by atoms with van der Waals surface area (Å²) in [6.45, 7) is 11.3. The summed E-state index contributed by atoms with van der Waals surface area (Å²) in [6, 6.07) is 6.28. The van der Waals surface area contributed by atoms with Crippen LogP contribution in [-0.4, -0.2) is 31.8 Å². The number of amidine groups is 1. The van der Waals surface area contributed by atoms with Crippen molar-refractivity contribution in [2.75, 3.05) is 17.6 Å². The molecule has 1 saturated carbocycles. The molecule has 154 valence electrons. The fraction of sp³-hybridized carbons (Fsp3) is 0.600. The van der Waals surface area contributed by atoms with Gasteiger partial charge in [-0.1, -0.05) is 46.4 Å². The smallest absolute Gasteiger partial charge is 0.263 e. The van der Waals surface area contributed by atoms with Gasteiger partial charge in [0.2, 0.25) is 5.91 Å². The number of rotatable bonds is 5. The summed E-state index contributed by atoms with van der Waals surface area (Å²) in [5.74, 6) is 0.799. The first-order chi connectivity index (χ1) is 12.8. The predicted molar refractivity (Wildman–Crippen MR) is 115 cm³/mol. The highest BCUT2D eigenvalue weighted by molar-refractivity contribution is 8.15. The minimum absolute atomic E-state index is 0.0119. The number of hydrogen-bond acceptors (Lipinski definition) is 5. The molecule has 2 N–H and O–H groups in total. The van der Waals surface area contributed by atoms with Gasteiger partial charge >= 0.3 is 0 Å². The van der Waals surface area contributed by atoms with Crippen LogP contribution in [0.4, 0.5) is 5.69 Å². The van der Waals surface area contributed by atoms with E-state index in [0.29, 0.717) is 17.4 Å².